The predicted molar refractivity (Wildman–Crippen MR) is 135 cm³/mol. The van der Waals surface area contributed by atoms with Gasteiger partial charge in [-0.3, -0.25) is 10.00 Å². The predicted octanol–water partition coefficient (Wildman–Crippen LogP) is 5.55. The molecule has 0 amide bonds. The fourth-order valence-electron chi connectivity index (χ4n) is 5.55. The first-order chi connectivity index (χ1) is 18.1. The van der Waals surface area contributed by atoms with Gasteiger partial charge in [-0.1, -0.05) is 0 Å². The van der Waals surface area contributed by atoms with E-state index >= 15 is 4.39 Å². The molecule has 8 nitrogen and oxygen atoms in total. The van der Waals surface area contributed by atoms with Crippen molar-refractivity contribution in [1.29, 1.82) is 0 Å². The molecule has 1 aliphatic carbocycles. The first-order valence-electron chi connectivity index (χ1n) is 12.8. The third kappa shape index (κ3) is 5.75. The van der Waals surface area contributed by atoms with Crippen molar-refractivity contribution in [2.75, 3.05) is 23.7 Å². The Bertz CT molecular complexity index is 1290. The number of hydrogen-bond acceptors (Lipinski definition) is 7. The minimum Gasteiger partial charge on any atom is -0.392 e. The quantitative estimate of drug-likeness (QED) is 0.308. The average Bonchev–Trinajstić information content (AvgIpc) is 3.48. The van der Waals surface area contributed by atoms with Crippen molar-refractivity contribution >= 4 is 23.3 Å². The third-order valence-electron chi connectivity index (χ3n) is 7.50. The van der Waals surface area contributed by atoms with E-state index in [0.29, 0.717) is 17.9 Å². The summed E-state index contributed by atoms with van der Waals surface area (Å²) in [6.07, 6.45) is 0.437. The van der Waals surface area contributed by atoms with Crippen molar-refractivity contribution in [3.63, 3.8) is 0 Å². The molecular weight excluding hydrogens is 502 g/mol. The summed E-state index contributed by atoms with van der Waals surface area (Å²) in [6, 6.07) is 5.16. The van der Waals surface area contributed by atoms with Crippen LogP contribution in [-0.4, -0.2) is 55.4 Å². The minimum absolute atomic E-state index is 0.0901. The number of aromatic nitrogens is 4. The second-order valence-corrected chi connectivity index (χ2v) is 10.3. The van der Waals surface area contributed by atoms with Crippen LogP contribution in [0.15, 0.2) is 24.4 Å². The number of aromatic amines is 1. The fraction of sp³-hybridized carbons (Fsp3) is 0.500. The van der Waals surface area contributed by atoms with Crippen molar-refractivity contribution in [3.05, 3.63) is 52.6 Å². The number of β-amino-alcohol motifs (C(OH)–C–C–N with tert-alkyl or cyclic N) is 1. The summed E-state index contributed by atoms with van der Waals surface area (Å²) >= 11 is 0. The molecule has 0 bridgehead atoms. The van der Waals surface area contributed by atoms with Crippen LogP contribution < -0.4 is 10.6 Å². The van der Waals surface area contributed by atoms with Crippen LogP contribution in [-0.2, 0) is 6.18 Å². The van der Waals surface area contributed by atoms with Crippen LogP contribution in [0.4, 0.5) is 40.8 Å². The van der Waals surface area contributed by atoms with Crippen molar-refractivity contribution in [3.8, 4) is 0 Å². The van der Waals surface area contributed by atoms with Gasteiger partial charge in [-0.15, -0.1) is 0 Å². The van der Waals surface area contributed by atoms with Crippen molar-refractivity contribution < 1.29 is 22.7 Å². The number of likely N-dealkylation sites (tertiary alicyclic amines) is 1. The van der Waals surface area contributed by atoms with E-state index in [1.54, 1.807) is 19.1 Å². The lowest BCUT2D eigenvalue weighted by molar-refractivity contribution is -0.137. The number of H-pyrrole nitrogens is 1. The van der Waals surface area contributed by atoms with Gasteiger partial charge in [0.15, 0.2) is 5.82 Å². The first kappa shape index (κ1) is 26.4. The Morgan fingerprint density at radius 2 is 1.82 bits per heavy atom. The molecule has 2 fully saturated rings. The van der Waals surface area contributed by atoms with E-state index < -0.39 is 23.4 Å². The van der Waals surface area contributed by atoms with Crippen molar-refractivity contribution in [2.45, 2.75) is 70.2 Å². The van der Waals surface area contributed by atoms with Crippen LogP contribution in [0.2, 0.25) is 0 Å². The highest BCUT2D eigenvalue weighted by Gasteiger charge is 2.36. The number of aliphatic hydroxyl groups excluding tert-OH is 1. The lowest BCUT2D eigenvalue weighted by atomic mass is 9.79. The number of nitrogens with one attached hydrogen (secondary N) is 3. The Labute approximate surface area is 217 Å². The number of anilines is 4. The maximum absolute atomic E-state index is 15.2. The lowest BCUT2D eigenvalue weighted by Crippen LogP contribution is -2.36. The van der Waals surface area contributed by atoms with Crippen molar-refractivity contribution in [2.24, 2.45) is 0 Å². The molecule has 3 heterocycles. The van der Waals surface area contributed by atoms with Crippen LogP contribution in [0, 0.1) is 19.7 Å². The van der Waals surface area contributed by atoms with E-state index in [2.05, 4.69) is 35.7 Å². The zero-order valence-corrected chi connectivity index (χ0v) is 21.2. The van der Waals surface area contributed by atoms with Crippen LogP contribution >= 0.6 is 0 Å². The zero-order chi connectivity index (χ0) is 27.0. The summed E-state index contributed by atoms with van der Waals surface area (Å²) in [5.74, 6) is -0.779. The largest absolute Gasteiger partial charge is 0.421 e. The standard InChI is InChI=1S/C26H31F4N7O/c1-14-9-22(21(27)11-19(14)16-3-5-17(6-4-16)37-8-7-18(38)13-37)32-25-31-12-20(26(28,29)30)24(34-25)33-23-10-15(2)35-36-23/h9-12,16-18,38H,3-8,13H2,1-2H3,(H3,31,32,33,34,35,36). The highest BCUT2D eigenvalue weighted by molar-refractivity contribution is 5.62. The second kappa shape index (κ2) is 10.5. The first-order valence-corrected chi connectivity index (χ1v) is 12.8. The lowest BCUT2D eigenvalue weighted by Gasteiger charge is -2.35. The molecule has 1 aromatic carbocycles. The smallest absolute Gasteiger partial charge is 0.392 e. The van der Waals surface area contributed by atoms with Crippen LogP contribution in [0.5, 0.6) is 0 Å². The van der Waals surface area contributed by atoms with Crippen LogP contribution in [0.1, 0.15) is 60.4 Å². The van der Waals surface area contributed by atoms with Crippen LogP contribution in [0.25, 0.3) is 0 Å². The van der Waals surface area contributed by atoms with Gasteiger partial charge in [0.2, 0.25) is 5.95 Å². The Balaban J connectivity index is 1.31. The van der Waals surface area contributed by atoms with Gasteiger partial charge in [-0.05, 0) is 75.1 Å². The molecule has 12 heteroatoms. The molecule has 5 rings (SSSR count). The fourth-order valence-corrected chi connectivity index (χ4v) is 5.55. The molecule has 0 spiro atoms. The average molecular weight is 534 g/mol. The summed E-state index contributed by atoms with van der Waals surface area (Å²) in [5.41, 5.74) is 1.53. The van der Waals surface area contributed by atoms with E-state index in [4.69, 9.17) is 0 Å². The molecule has 0 radical (unpaired) electrons. The molecule has 1 saturated carbocycles. The van der Waals surface area contributed by atoms with E-state index in [-0.39, 0.29) is 29.5 Å². The maximum atomic E-state index is 15.2. The molecule has 4 N–H and O–H groups in total. The Morgan fingerprint density at radius 1 is 1.05 bits per heavy atom. The third-order valence-corrected chi connectivity index (χ3v) is 7.50. The summed E-state index contributed by atoms with van der Waals surface area (Å²) in [4.78, 5) is 10.1. The molecular formula is C26H31F4N7O. The maximum Gasteiger partial charge on any atom is 0.421 e. The summed E-state index contributed by atoms with van der Waals surface area (Å²) in [6.45, 7) is 5.28. The van der Waals surface area contributed by atoms with E-state index in [1.807, 2.05) is 6.92 Å². The Kier molecular flexibility index (Phi) is 7.28. The number of nitrogens with zero attached hydrogens (tertiary/aromatic N) is 4. The second-order valence-electron chi connectivity index (χ2n) is 10.3. The number of aryl methyl sites for hydroxylation is 2. The molecule has 204 valence electrons. The van der Waals surface area contributed by atoms with E-state index in [1.165, 1.54) is 6.07 Å². The molecule has 1 saturated heterocycles. The van der Waals surface area contributed by atoms with E-state index in [0.717, 1.165) is 56.3 Å². The number of alkyl halides is 3. The monoisotopic (exact) mass is 533 g/mol. The van der Waals surface area contributed by atoms with Gasteiger partial charge in [0.05, 0.1) is 11.8 Å². The molecule has 38 heavy (non-hydrogen) atoms. The number of aliphatic hydroxyl groups is 1. The normalized spacial score (nSPS) is 22.6. The summed E-state index contributed by atoms with van der Waals surface area (Å²) in [7, 11) is 0. The van der Waals surface area contributed by atoms with Gasteiger partial charge in [0.25, 0.3) is 0 Å². The summed E-state index contributed by atoms with van der Waals surface area (Å²) < 4.78 is 55.8. The number of halogens is 4. The summed E-state index contributed by atoms with van der Waals surface area (Å²) in [5, 5.41) is 21.7. The highest BCUT2D eigenvalue weighted by atomic mass is 19.4. The number of benzene rings is 1. The van der Waals surface area contributed by atoms with Gasteiger partial charge >= 0.3 is 6.18 Å². The van der Waals surface area contributed by atoms with Crippen LogP contribution in [0.3, 0.4) is 0 Å². The van der Waals surface area contributed by atoms with Gasteiger partial charge in [-0.2, -0.15) is 23.3 Å². The molecule has 1 unspecified atom stereocenters. The topological polar surface area (TPSA) is 102 Å². The molecule has 2 aromatic heterocycles. The molecule has 3 aromatic rings. The number of rotatable bonds is 6. The molecule has 1 atom stereocenters. The number of hydrogen-bond donors (Lipinski definition) is 4. The van der Waals surface area contributed by atoms with Gasteiger partial charge in [0, 0.05) is 37.1 Å². The molecule has 1 aliphatic heterocycles. The Hall–Kier alpha value is -3.25. The van der Waals surface area contributed by atoms with Gasteiger partial charge in [0.1, 0.15) is 17.2 Å². The molecule has 2 aliphatic rings. The highest BCUT2D eigenvalue weighted by Crippen LogP contribution is 2.39. The van der Waals surface area contributed by atoms with E-state index in [9.17, 15) is 18.3 Å². The van der Waals surface area contributed by atoms with Gasteiger partial charge < -0.3 is 15.7 Å². The van der Waals surface area contributed by atoms with Crippen molar-refractivity contribution in [1.82, 2.24) is 25.1 Å². The Morgan fingerprint density at radius 3 is 2.45 bits per heavy atom. The van der Waals surface area contributed by atoms with Gasteiger partial charge in [-0.25, -0.2) is 9.37 Å². The zero-order valence-electron chi connectivity index (χ0n) is 21.2. The SMILES string of the molecule is Cc1cc(Nc2nc(Nc3cc(C)c(C4CCC(N5CCC(O)C5)CC4)cc3F)ncc2C(F)(F)F)n[nH]1. The minimum atomic E-state index is -4.69.